The molecule has 12 heavy (non-hydrogen) atoms. The maximum absolute atomic E-state index is 5.82. The smallest absolute Gasteiger partial charge is 0.0771 e. The highest BCUT2D eigenvalue weighted by Gasteiger charge is 1.98. The average Bonchev–Trinajstić information content (AvgIpc) is 1.81. The second-order valence-corrected chi connectivity index (χ2v) is 4.30. The first kappa shape index (κ1) is 9.96. The molecule has 0 aliphatic heterocycles. The van der Waals surface area contributed by atoms with Gasteiger partial charge in [-0.1, -0.05) is 39.7 Å². The molecule has 1 rings (SSSR count). The standard InChI is InChI=1S/C8H7BrClNS/c9-6-1-5(3-8(11)12)2-7(10)4-6/h1-2,4H,3H2,(H2,11,12). The molecule has 64 valence electrons. The molecule has 1 aromatic carbocycles. The van der Waals surface area contributed by atoms with Crippen molar-refractivity contribution in [2.24, 2.45) is 5.73 Å². The van der Waals surface area contributed by atoms with Gasteiger partial charge in [0.1, 0.15) is 0 Å². The molecule has 1 aromatic rings. The van der Waals surface area contributed by atoms with E-state index in [9.17, 15) is 0 Å². The van der Waals surface area contributed by atoms with Crippen LogP contribution in [0.5, 0.6) is 0 Å². The minimum atomic E-state index is 0.476. The summed E-state index contributed by atoms with van der Waals surface area (Å²) in [4.78, 5) is 0.476. The molecule has 0 radical (unpaired) electrons. The Hall–Kier alpha value is -0.120. The first-order valence-corrected chi connectivity index (χ1v) is 4.89. The molecule has 0 heterocycles. The van der Waals surface area contributed by atoms with E-state index in [-0.39, 0.29) is 0 Å². The fourth-order valence-electron chi connectivity index (χ4n) is 0.914. The predicted molar refractivity (Wildman–Crippen MR) is 59.6 cm³/mol. The van der Waals surface area contributed by atoms with E-state index < -0.39 is 0 Å². The maximum atomic E-state index is 5.82. The van der Waals surface area contributed by atoms with E-state index in [4.69, 9.17) is 29.6 Å². The molecule has 0 amide bonds. The summed E-state index contributed by atoms with van der Waals surface area (Å²) >= 11 is 13.9. The van der Waals surface area contributed by atoms with Crippen molar-refractivity contribution >= 4 is 44.7 Å². The number of hydrogen-bond acceptors (Lipinski definition) is 1. The van der Waals surface area contributed by atoms with Crippen LogP contribution in [-0.4, -0.2) is 4.99 Å². The highest BCUT2D eigenvalue weighted by molar-refractivity contribution is 9.10. The SMILES string of the molecule is NC(=S)Cc1cc(Cl)cc(Br)c1. The van der Waals surface area contributed by atoms with Gasteiger partial charge in [-0.05, 0) is 23.8 Å². The quantitative estimate of drug-likeness (QED) is 0.831. The summed E-state index contributed by atoms with van der Waals surface area (Å²) in [7, 11) is 0. The molecule has 0 unspecified atom stereocenters. The first-order valence-electron chi connectivity index (χ1n) is 3.31. The summed E-state index contributed by atoms with van der Waals surface area (Å²) in [5.41, 5.74) is 6.43. The van der Waals surface area contributed by atoms with E-state index in [0.29, 0.717) is 16.4 Å². The van der Waals surface area contributed by atoms with E-state index in [1.165, 1.54) is 0 Å². The Morgan fingerprint density at radius 2 is 2.17 bits per heavy atom. The van der Waals surface area contributed by atoms with Gasteiger partial charge in [0.05, 0.1) is 4.99 Å². The highest BCUT2D eigenvalue weighted by atomic mass is 79.9. The maximum Gasteiger partial charge on any atom is 0.0771 e. The van der Waals surface area contributed by atoms with Gasteiger partial charge in [-0.25, -0.2) is 0 Å². The third kappa shape index (κ3) is 3.09. The molecule has 0 aliphatic carbocycles. The van der Waals surface area contributed by atoms with Crippen molar-refractivity contribution in [2.75, 3.05) is 0 Å². The second-order valence-electron chi connectivity index (χ2n) is 2.42. The van der Waals surface area contributed by atoms with Crippen LogP contribution in [0.4, 0.5) is 0 Å². The molecule has 0 atom stereocenters. The van der Waals surface area contributed by atoms with Crippen LogP contribution in [0, 0.1) is 0 Å². The van der Waals surface area contributed by atoms with Gasteiger partial charge in [-0.3, -0.25) is 0 Å². The molecule has 0 fully saturated rings. The number of nitrogens with two attached hydrogens (primary N) is 1. The van der Waals surface area contributed by atoms with Crippen molar-refractivity contribution in [3.05, 3.63) is 33.3 Å². The minimum Gasteiger partial charge on any atom is -0.393 e. The van der Waals surface area contributed by atoms with Crippen LogP contribution in [0.2, 0.25) is 5.02 Å². The summed E-state index contributed by atoms with van der Waals surface area (Å²) in [5.74, 6) is 0. The van der Waals surface area contributed by atoms with Gasteiger partial charge in [0, 0.05) is 15.9 Å². The Balaban J connectivity index is 2.93. The molecule has 0 aliphatic rings. The fraction of sp³-hybridized carbons (Fsp3) is 0.125. The van der Waals surface area contributed by atoms with Crippen molar-refractivity contribution in [1.82, 2.24) is 0 Å². The molecule has 0 spiro atoms. The summed E-state index contributed by atoms with van der Waals surface area (Å²) in [6.07, 6.45) is 0.592. The van der Waals surface area contributed by atoms with Crippen molar-refractivity contribution < 1.29 is 0 Å². The van der Waals surface area contributed by atoms with Gasteiger partial charge in [0.15, 0.2) is 0 Å². The molecule has 0 bridgehead atoms. The number of benzene rings is 1. The van der Waals surface area contributed by atoms with Gasteiger partial charge < -0.3 is 5.73 Å². The van der Waals surface area contributed by atoms with Crippen molar-refractivity contribution in [1.29, 1.82) is 0 Å². The number of rotatable bonds is 2. The topological polar surface area (TPSA) is 26.0 Å². The van der Waals surface area contributed by atoms with Gasteiger partial charge in [-0.15, -0.1) is 0 Å². The lowest BCUT2D eigenvalue weighted by Crippen LogP contribution is -2.10. The van der Waals surface area contributed by atoms with Crippen molar-refractivity contribution in [2.45, 2.75) is 6.42 Å². The minimum absolute atomic E-state index is 0.476. The molecule has 0 saturated carbocycles. The van der Waals surface area contributed by atoms with E-state index in [1.54, 1.807) is 0 Å². The Labute approximate surface area is 90.0 Å². The number of thiocarbonyl (C=S) groups is 1. The largest absolute Gasteiger partial charge is 0.393 e. The summed E-state index contributed by atoms with van der Waals surface area (Å²) in [6, 6.07) is 5.63. The summed E-state index contributed by atoms with van der Waals surface area (Å²) < 4.78 is 0.946. The molecule has 0 aromatic heterocycles. The molecule has 0 saturated heterocycles. The zero-order chi connectivity index (χ0) is 9.14. The van der Waals surface area contributed by atoms with Crippen LogP contribution in [0.3, 0.4) is 0 Å². The molecular formula is C8H7BrClNS. The number of hydrogen-bond donors (Lipinski definition) is 1. The average molecular weight is 265 g/mol. The Morgan fingerprint density at radius 1 is 1.50 bits per heavy atom. The van der Waals surface area contributed by atoms with Crippen LogP contribution in [0.15, 0.2) is 22.7 Å². The lowest BCUT2D eigenvalue weighted by Gasteiger charge is -2.00. The second kappa shape index (κ2) is 4.21. The number of halogens is 2. The molecule has 1 nitrogen and oxygen atoms in total. The lowest BCUT2D eigenvalue weighted by atomic mass is 10.1. The van der Waals surface area contributed by atoms with Crippen LogP contribution >= 0.6 is 39.7 Å². The van der Waals surface area contributed by atoms with Crippen LogP contribution in [-0.2, 0) is 6.42 Å². The van der Waals surface area contributed by atoms with Crippen LogP contribution < -0.4 is 5.73 Å². The third-order valence-corrected chi connectivity index (χ3v) is 2.12. The van der Waals surface area contributed by atoms with Gasteiger partial charge >= 0.3 is 0 Å². The van der Waals surface area contributed by atoms with Crippen LogP contribution in [0.1, 0.15) is 5.56 Å². The summed E-state index contributed by atoms with van der Waals surface area (Å²) in [5, 5.41) is 0.690. The Kier molecular flexibility index (Phi) is 3.50. The fourth-order valence-corrected chi connectivity index (χ4v) is 2.01. The lowest BCUT2D eigenvalue weighted by molar-refractivity contribution is 1.32. The first-order chi connectivity index (χ1) is 5.58. The third-order valence-electron chi connectivity index (χ3n) is 1.30. The van der Waals surface area contributed by atoms with Gasteiger partial charge in [0.2, 0.25) is 0 Å². The zero-order valence-electron chi connectivity index (χ0n) is 6.18. The van der Waals surface area contributed by atoms with E-state index in [0.717, 1.165) is 10.0 Å². The monoisotopic (exact) mass is 263 g/mol. The van der Waals surface area contributed by atoms with Crippen molar-refractivity contribution in [3.63, 3.8) is 0 Å². The molecule has 4 heteroatoms. The highest BCUT2D eigenvalue weighted by Crippen LogP contribution is 2.19. The van der Waals surface area contributed by atoms with Crippen LogP contribution in [0.25, 0.3) is 0 Å². The van der Waals surface area contributed by atoms with E-state index in [1.807, 2.05) is 18.2 Å². The molecule has 2 N–H and O–H groups in total. The molecular weight excluding hydrogens is 258 g/mol. The zero-order valence-corrected chi connectivity index (χ0v) is 9.34. The normalized spacial score (nSPS) is 9.83. The van der Waals surface area contributed by atoms with E-state index in [2.05, 4.69) is 15.9 Å². The predicted octanol–water partition coefficient (Wildman–Crippen LogP) is 2.93. The Morgan fingerprint density at radius 3 is 2.67 bits per heavy atom. The van der Waals surface area contributed by atoms with Gasteiger partial charge in [0.25, 0.3) is 0 Å². The summed E-state index contributed by atoms with van der Waals surface area (Å²) in [6.45, 7) is 0. The van der Waals surface area contributed by atoms with Gasteiger partial charge in [-0.2, -0.15) is 0 Å². The Bertz CT molecular complexity index is 294. The van der Waals surface area contributed by atoms with E-state index >= 15 is 0 Å². The van der Waals surface area contributed by atoms with Crippen molar-refractivity contribution in [3.8, 4) is 0 Å².